The summed E-state index contributed by atoms with van der Waals surface area (Å²) in [4.78, 5) is 12.4. The Labute approximate surface area is 170 Å². The number of carbonyl (C=O) groups is 1. The van der Waals surface area contributed by atoms with Crippen molar-refractivity contribution in [2.75, 3.05) is 13.2 Å². The van der Waals surface area contributed by atoms with Gasteiger partial charge in [-0.1, -0.05) is 29.8 Å². The molecule has 1 fully saturated rings. The summed E-state index contributed by atoms with van der Waals surface area (Å²) in [5, 5.41) is 1.90. The van der Waals surface area contributed by atoms with Gasteiger partial charge in [-0.05, 0) is 67.9 Å². The van der Waals surface area contributed by atoms with Crippen molar-refractivity contribution in [3.63, 3.8) is 0 Å². The zero-order valence-electron chi connectivity index (χ0n) is 16.8. The standard InChI is InChI=1S/C24H24O5/c1-16-4-9-21(10-5-16)29-23(25)20-7-6-19-13-22(11-8-18(19)12-20)28-17(2)26-14-24(3)15-27-24/h4-13,17H,14-15H2,1-3H3. The molecule has 150 valence electrons. The van der Waals surface area contributed by atoms with Crippen molar-refractivity contribution in [2.45, 2.75) is 32.7 Å². The number of hydrogen-bond acceptors (Lipinski definition) is 5. The van der Waals surface area contributed by atoms with E-state index in [4.69, 9.17) is 18.9 Å². The van der Waals surface area contributed by atoms with E-state index in [0.29, 0.717) is 23.7 Å². The Balaban J connectivity index is 1.42. The fourth-order valence-electron chi connectivity index (χ4n) is 2.92. The second-order valence-corrected chi connectivity index (χ2v) is 7.66. The van der Waals surface area contributed by atoms with E-state index in [9.17, 15) is 4.79 Å². The number of rotatable bonds is 7. The first kappa shape index (κ1) is 19.4. The van der Waals surface area contributed by atoms with Crippen LogP contribution in [0.15, 0.2) is 60.7 Å². The van der Waals surface area contributed by atoms with Gasteiger partial charge in [0, 0.05) is 0 Å². The van der Waals surface area contributed by atoms with E-state index in [0.717, 1.165) is 22.9 Å². The van der Waals surface area contributed by atoms with Crippen LogP contribution in [-0.4, -0.2) is 31.1 Å². The number of aryl methyl sites for hydroxylation is 1. The molecule has 2 unspecified atom stereocenters. The first-order valence-corrected chi connectivity index (χ1v) is 9.65. The molecule has 0 aromatic heterocycles. The molecule has 0 aliphatic carbocycles. The average molecular weight is 392 g/mol. The molecule has 0 radical (unpaired) electrons. The van der Waals surface area contributed by atoms with Crippen molar-refractivity contribution < 1.29 is 23.7 Å². The van der Waals surface area contributed by atoms with Crippen LogP contribution in [-0.2, 0) is 9.47 Å². The molecule has 0 N–H and O–H groups in total. The molecule has 5 heteroatoms. The van der Waals surface area contributed by atoms with Crippen molar-refractivity contribution in [3.05, 3.63) is 71.8 Å². The molecular weight excluding hydrogens is 368 g/mol. The number of hydrogen-bond donors (Lipinski definition) is 0. The largest absolute Gasteiger partial charge is 0.465 e. The Morgan fingerprint density at radius 3 is 2.41 bits per heavy atom. The Kier molecular flexibility index (Phi) is 5.26. The van der Waals surface area contributed by atoms with Crippen LogP contribution in [0.2, 0.25) is 0 Å². The number of fused-ring (bicyclic) bond motifs is 1. The van der Waals surface area contributed by atoms with Crippen molar-refractivity contribution in [3.8, 4) is 11.5 Å². The summed E-state index contributed by atoms with van der Waals surface area (Å²) in [5.41, 5.74) is 1.45. The molecule has 0 amide bonds. The Morgan fingerprint density at radius 2 is 1.69 bits per heavy atom. The van der Waals surface area contributed by atoms with E-state index in [2.05, 4.69) is 0 Å². The molecule has 4 rings (SSSR count). The zero-order chi connectivity index (χ0) is 20.4. The normalized spacial score (nSPS) is 19.0. The highest BCUT2D eigenvalue weighted by Crippen LogP contribution is 2.27. The van der Waals surface area contributed by atoms with Gasteiger partial charge in [0.25, 0.3) is 0 Å². The molecule has 3 aromatic rings. The van der Waals surface area contributed by atoms with E-state index >= 15 is 0 Å². The number of epoxide rings is 1. The number of ether oxygens (including phenoxy) is 4. The van der Waals surface area contributed by atoms with Crippen molar-refractivity contribution in [1.29, 1.82) is 0 Å². The molecular formula is C24H24O5. The minimum Gasteiger partial charge on any atom is -0.465 e. The third-order valence-electron chi connectivity index (χ3n) is 4.84. The van der Waals surface area contributed by atoms with Crippen LogP contribution in [0, 0.1) is 6.92 Å². The summed E-state index contributed by atoms with van der Waals surface area (Å²) < 4.78 is 22.3. The lowest BCUT2D eigenvalue weighted by atomic mass is 10.1. The molecule has 2 atom stereocenters. The van der Waals surface area contributed by atoms with E-state index in [1.807, 2.05) is 63.2 Å². The van der Waals surface area contributed by atoms with Crippen LogP contribution < -0.4 is 9.47 Å². The molecule has 5 nitrogen and oxygen atoms in total. The highest BCUT2D eigenvalue weighted by atomic mass is 16.7. The van der Waals surface area contributed by atoms with Gasteiger partial charge in [0.1, 0.15) is 17.1 Å². The van der Waals surface area contributed by atoms with E-state index < -0.39 is 0 Å². The fourth-order valence-corrected chi connectivity index (χ4v) is 2.92. The maximum absolute atomic E-state index is 12.4. The van der Waals surface area contributed by atoms with E-state index in [-0.39, 0.29) is 17.9 Å². The molecule has 3 aromatic carbocycles. The van der Waals surface area contributed by atoms with Gasteiger partial charge >= 0.3 is 5.97 Å². The van der Waals surface area contributed by atoms with Gasteiger partial charge in [0.2, 0.25) is 0 Å². The van der Waals surface area contributed by atoms with Gasteiger partial charge in [0.05, 0.1) is 18.8 Å². The molecule has 1 aliphatic rings. The van der Waals surface area contributed by atoms with Crippen molar-refractivity contribution in [1.82, 2.24) is 0 Å². The minimum atomic E-state index is -0.381. The summed E-state index contributed by atoms with van der Waals surface area (Å²) in [5.74, 6) is 0.861. The molecule has 1 aliphatic heterocycles. The quantitative estimate of drug-likeness (QED) is 0.248. The Bertz CT molecular complexity index is 1020. The van der Waals surface area contributed by atoms with Crippen LogP contribution in [0.25, 0.3) is 10.8 Å². The van der Waals surface area contributed by atoms with Crippen LogP contribution in [0.3, 0.4) is 0 Å². The lowest BCUT2D eigenvalue weighted by molar-refractivity contribution is -0.0811. The van der Waals surface area contributed by atoms with Gasteiger partial charge in [-0.15, -0.1) is 0 Å². The van der Waals surface area contributed by atoms with E-state index in [1.54, 1.807) is 18.2 Å². The van der Waals surface area contributed by atoms with Crippen LogP contribution >= 0.6 is 0 Å². The minimum absolute atomic E-state index is 0.162. The third kappa shape index (κ3) is 4.94. The third-order valence-corrected chi connectivity index (χ3v) is 4.84. The smallest absolute Gasteiger partial charge is 0.343 e. The molecule has 29 heavy (non-hydrogen) atoms. The highest BCUT2D eigenvalue weighted by molar-refractivity contribution is 5.96. The maximum atomic E-state index is 12.4. The number of esters is 1. The summed E-state index contributed by atoms with van der Waals surface area (Å²) in [7, 11) is 0. The molecule has 1 heterocycles. The number of benzene rings is 3. The highest BCUT2D eigenvalue weighted by Gasteiger charge is 2.40. The fraction of sp³-hybridized carbons (Fsp3) is 0.292. The SMILES string of the molecule is Cc1ccc(OC(=O)c2ccc3cc(OC(C)OCC4(C)CO4)ccc3c2)cc1. The first-order chi connectivity index (χ1) is 13.9. The van der Waals surface area contributed by atoms with Gasteiger partial charge in [-0.2, -0.15) is 0 Å². The second-order valence-electron chi connectivity index (χ2n) is 7.66. The molecule has 1 saturated heterocycles. The first-order valence-electron chi connectivity index (χ1n) is 9.65. The topological polar surface area (TPSA) is 57.3 Å². The van der Waals surface area contributed by atoms with Gasteiger partial charge in [-0.25, -0.2) is 4.79 Å². The molecule has 0 spiro atoms. The van der Waals surface area contributed by atoms with Crippen molar-refractivity contribution >= 4 is 16.7 Å². The Hall–Kier alpha value is -2.89. The van der Waals surface area contributed by atoms with Crippen LogP contribution in [0.1, 0.15) is 29.8 Å². The lowest BCUT2D eigenvalue weighted by Crippen LogP contribution is -2.23. The lowest BCUT2D eigenvalue weighted by Gasteiger charge is -2.17. The molecule has 0 bridgehead atoms. The second kappa shape index (κ2) is 7.85. The zero-order valence-corrected chi connectivity index (χ0v) is 16.8. The number of carbonyl (C=O) groups excluding carboxylic acids is 1. The van der Waals surface area contributed by atoms with Crippen LogP contribution in [0.5, 0.6) is 11.5 Å². The summed E-state index contributed by atoms with van der Waals surface area (Å²) in [6.45, 7) is 7.09. The van der Waals surface area contributed by atoms with Gasteiger partial charge in [0.15, 0.2) is 6.29 Å². The van der Waals surface area contributed by atoms with Gasteiger partial charge < -0.3 is 18.9 Å². The Morgan fingerprint density at radius 1 is 1.03 bits per heavy atom. The maximum Gasteiger partial charge on any atom is 0.343 e. The predicted octanol–water partition coefficient (Wildman–Crippen LogP) is 4.90. The van der Waals surface area contributed by atoms with Gasteiger partial charge in [-0.3, -0.25) is 0 Å². The predicted molar refractivity (Wildman–Crippen MR) is 110 cm³/mol. The summed E-state index contributed by atoms with van der Waals surface area (Å²) in [6.07, 6.45) is -0.378. The molecule has 0 saturated carbocycles. The van der Waals surface area contributed by atoms with Crippen LogP contribution in [0.4, 0.5) is 0 Å². The average Bonchev–Trinajstić information content (AvgIpc) is 3.45. The summed E-state index contributed by atoms with van der Waals surface area (Å²) in [6, 6.07) is 18.6. The van der Waals surface area contributed by atoms with Crippen molar-refractivity contribution in [2.24, 2.45) is 0 Å². The monoisotopic (exact) mass is 392 g/mol. The van der Waals surface area contributed by atoms with E-state index in [1.165, 1.54) is 0 Å². The summed E-state index contributed by atoms with van der Waals surface area (Å²) >= 11 is 0.